The predicted octanol–water partition coefficient (Wildman–Crippen LogP) is 8.37. The number of ether oxygens (including phenoxy) is 10. The fraction of sp³-hybridized carbons (Fsp3) is 0.410. The van der Waals surface area contributed by atoms with Gasteiger partial charge in [-0.15, -0.1) is 0 Å². The monoisotopic (exact) mass is 1220 g/mol. The van der Waals surface area contributed by atoms with E-state index in [4.69, 9.17) is 85.7 Å². The Kier molecular flexibility index (Phi) is 15.8. The van der Waals surface area contributed by atoms with Gasteiger partial charge in [0.1, 0.15) is 49.4 Å². The number of nitrogens with zero attached hydrogens (tertiary/aromatic N) is 6. The number of hydrogen-bond donors (Lipinski definition) is 1. The summed E-state index contributed by atoms with van der Waals surface area (Å²) in [4.78, 5) is 34.6. The third-order valence-corrected chi connectivity index (χ3v) is 18.1. The summed E-state index contributed by atoms with van der Waals surface area (Å²) >= 11 is 0. The molecule has 1 aliphatic carbocycles. The Bertz CT molecular complexity index is 4130. The van der Waals surface area contributed by atoms with Gasteiger partial charge in [-0.1, -0.05) is 49.2 Å². The maximum Gasteiger partial charge on any atom is 0.297 e. The highest BCUT2D eigenvalue weighted by Gasteiger charge is 2.55. The standard InChI is InChI=1S/C61H67N7O16S2/c1-13-27-75-40-23-24-41(76-28-14-2)46-44(40)52-62-38-33-39(49-48(38)81-58(5,6)60(9,73-11)83-49)63-53-45-42(77-29-31-79-85(69,70)36-19-15-34(3)16-20-36)25-26-43(78-30-32-80-86(71,72)37-21-17-35(4)18-22-37)47(45)55(65-53)67-57-51-50(56(68-57)66-54(46)64-52)82-59(7,8)61(10,74-12)84-51/h15-26H,13-14,27-33H2,1-12H3,(H,62,63,64,65,66,67,68)/t60-,61-/m1/s1. The van der Waals surface area contributed by atoms with E-state index < -0.39 is 56.2 Å². The van der Waals surface area contributed by atoms with Crippen LogP contribution in [0.1, 0.15) is 108 Å². The first kappa shape index (κ1) is 59.8. The molecule has 0 unspecified atom stereocenters. The number of benzene rings is 4. The SMILES string of the molecule is CCCOc1ccc(OCCC)c2c1C1=NC2=NC2=C3OC(C)(C)[C@](C)(OC)OC3=C(C2)N=C2N=C(N=c3[nH]c(c4c3O[C@@](C)(OC)C(C)(C)O4)=N1)c1c(OCCOS(=O)(=O)c3ccc(C)cc3)ccc(OCCOS(=O)(=O)c3ccc(C)cc3)c12. The summed E-state index contributed by atoms with van der Waals surface area (Å²) < 4.78 is 130. The molecule has 25 heteroatoms. The van der Waals surface area contributed by atoms with Gasteiger partial charge in [-0.2, -0.15) is 16.8 Å². The molecule has 8 bridgehead atoms. The van der Waals surface area contributed by atoms with Crippen LogP contribution in [0.3, 0.4) is 0 Å². The van der Waals surface area contributed by atoms with E-state index in [1.54, 1.807) is 50.2 Å². The van der Waals surface area contributed by atoms with Gasteiger partial charge in [0.2, 0.25) is 23.1 Å². The van der Waals surface area contributed by atoms with Gasteiger partial charge >= 0.3 is 0 Å². The van der Waals surface area contributed by atoms with Crippen molar-refractivity contribution in [1.29, 1.82) is 0 Å². The average molecular weight is 1220 g/mol. The van der Waals surface area contributed by atoms with Gasteiger partial charge in [0.15, 0.2) is 57.0 Å². The zero-order valence-corrected chi connectivity index (χ0v) is 51.5. The van der Waals surface area contributed by atoms with Crippen LogP contribution in [0.4, 0.5) is 0 Å². The van der Waals surface area contributed by atoms with E-state index in [1.807, 2.05) is 67.5 Å². The van der Waals surface area contributed by atoms with E-state index in [2.05, 4.69) is 4.98 Å². The van der Waals surface area contributed by atoms with Gasteiger partial charge in [-0.3, -0.25) is 8.37 Å². The summed E-state index contributed by atoms with van der Waals surface area (Å²) in [5.41, 5.74) is 1.79. The van der Waals surface area contributed by atoms with Crippen LogP contribution in [0, 0.1) is 13.8 Å². The summed E-state index contributed by atoms with van der Waals surface area (Å²) in [7, 11) is -5.38. The average Bonchev–Trinajstić information content (AvgIpc) is 1.61. The lowest BCUT2D eigenvalue weighted by atomic mass is 9.97. The Balaban J connectivity index is 1.13. The molecule has 6 heterocycles. The molecule has 1 aromatic heterocycles. The largest absolute Gasteiger partial charge is 0.493 e. The molecular weight excluding hydrogens is 1150 g/mol. The highest BCUT2D eigenvalue weighted by atomic mass is 32.2. The fourth-order valence-corrected chi connectivity index (χ4v) is 11.7. The van der Waals surface area contributed by atoms with Crippen LogP contribution < -0.4 is 39.4 Å². The van der Waals surface area contributed by atoms with Gasteiger partial charge in [0.05, 0.1) is 56.7 Å². The molecule has 11 rings (SSSR count). The van der Waals surface area contributed by atoms with Crippen molar-refractivity contribution in [1.82, 2.24) is 4.98 Å². The van der Waals surface area contributed by atoms with E-state index >= 15 is 0 Å². The van der Waals surface area contributed by atoms with E-state index in [-0.39, 0.29) is 109 Å². The van der Waals surface area contributed by atoms with Crippen molar-refractivity contribution < 1.29 is 72.6 Å². The number of aromatic amines is 1. The van der Waals surface area contributed by atoms with Crippen molar-refractivity contribution in [2.75, 3.05) is 53.9 Å². The van der Waals surface area contributed by atoms with Gasteiger partial charge in [-0.05, 0) is 103 Å². The van der Waals surface area contributed by atoms with E-state index in [1.165, 1.54) is 38.5 Å². The summed E-state index contributed by atoms with van der Waals surface area (Å²) in [6.45, 7) is 17.9. The first-order chi connectivity index (χ1) is 40.9. The molecule has 0 amide bonds. The minimum atomic E-state index is -4.20. The summed E-state index contributed by atoms with van der Waals surface area (Å²) in [5.74, 6) is -0.459. The zero-order chi connectivity index (χ0) is 61.1. The number of hydrogen-bond acceptors (Lipinski definition) is 22. The van der Waals surface area contributed by atoms with Gasteiger partial charge in [0.25, 0.3) is 20.2 Å². The lowest BCUT2D eigenvalue weighted by Crippen LogP contribution is -2.60. The minimum Gasteiger partial charge on any atom is -0.493 e. The molecule has 1 N–H and O–H groups in total. The molecule has 0 saturated carbocycles. The Labute approximate surface area is 498 Å². The summed E-state index contributed by atoms with van der Waals surface area (Å²) in [5, 5.41) is 0. The number of nitrogens with one attached hydrogen (secondary N) is 1. The molecule has 23 nitrogen and oxygen atoms in total. The number of aryl methyl sites for hydroxylation is 2. The molecule has 0 radical (unpaired) electrons. The number of fused-ring (bicyclic) bond motifs is 16. The molecule has 5 aliphatic heterocycles. The van der Waals surface area contributed by atoms with Crippen LogP contribution in [0.25, 0.3) is 0 Å². The Morgan fingerprint density at radius 2 is 0.814 bits per heavy atom. The minimum absolute atomic E-state index is 0.0121. The number of aliphatic imine (C=N–C) groups is 4. The van der Waals surface area contributed by atoms with Crippen molar-refractivity contribution in [3.63, 3.8) is 0 Å². The van der Waals surface area contributed by atoms with Crippen molar-refractivity contribution in [2.45, 2.75) is 121 Å². The van der Waals surface area contributed by atoms with Gasteiger partial charge < -0.3 is 52.4 Å². The molecule has 1 saturated heterocycles. The topological polar surface area (TPSA) is 269 Å². The molecule has 1 fully saturated rings. The van der Waals surface area contributed by atoms with Crippen LogP contribution >= 0.6 is 0 Å². The van der Waals surface area contributed by atoms with Gasteiger partial charge in [-0.25, -0.2) is 30.0 Å². The molecule has 5 aromatic rings. The zero-order valence-electron chi connectivity index (χ0n) is 49.8. The fourth-order valence-electron chi connectivity index (χ4n) is 9.94. The highest BCUT2D eigenvalue weighted by Crippen LogP contribution is 2.50. The molecule has 86 heavy (non-hydrogen) atoms. The van der Waals surface area contributed by atoms with Crippen LogP contribution in [-0.4, -0.2) is 122 Å². The quantitative estimate of drug-likeness (QED) is 0.0566. The smallest absolute Gasteiger partial charge is 0.297 e. The predicted molar refractivity (Wildman–Crippen MR) is 314 cm³/mol. The Morgan fingerprint density at radius 3 is 1.22 bits per heavy atom. The molecule has 454 valence electrons. The van der Waals surface area contributed by atoms with Gasteiger partial charge in [0, 0.05) is 34.5 Å². The second-order valence-electron chi connectivity index (χ2n) is 22.1. The van der Waals surface area contributed by atoms with E-state index in [0.29, 0.717) is 60.1 Å². The van der Waals surface area contributed by atoms with Crippen LogP contribution in [-0.2, 0) is 47.5 Å². The number of H-pyrrole nitrogens is 1. The first-order valence-electron chi connectivity index (χ1n) is 28.1. The summed E-state index contributed by atoms with van der Waals surface area (Å²) in [6, 6.07) is 19.4. The van der Waals surface area contributed by atoms with Crippen molar-refractivity contribution in [3.05, 3.63) is 140 Å². The Hall–Kier alpha value is -7.94. The normalized spacial score (nSPS) is 20.4. The first-order valence-corrected chi connectivity index (χ1v) is 30.9. The number of rotatable bonds is 20. The second kappa shape index (κ2) is 22.7. The molecule has 4 aromatic carbocycles. The third kappa shape index (κ3) is 10.9. The number of aromatic nitrogens is 1. The third-order valence-electron chi connectivity index (χ3n) is 15.4. The highest BCUT2D eigenvalue weighted by molar-refractivity contribution is 7.87. The molecular formula is C61H67N7O16S2. The maximum atomic E-state index is 13.4. The van der Waals surface area contributed by atoms with E-state index in [9.17, 15) is 16.8 Å². The number of methoxy groups -OCH3 is 2. The lowest BCUT2D eigenvalue weighted by Gasteiger charge is -2.47. The van der Waals surface area contributed by atoms with Crippen LogP contribution in [0.15, 0.2) is 135 Å². The van der Waals surface area contributed by atoms with Crippen molar-refractivity contribution in [3.8, 4) is 34.5 Å². The molecule has 0 spiro atoms. The van der Waals surface area contributed by atoms with E-state index in [0.717, 1.165) is 11.1 Å². The van der Waals surface area contributed by atoms with Crippen molar-refractivity contribution in [2.24, 2.45) is 30.0 Å². The Morgan fingerprint density at radius 1 is 0.453 bits per heavy atom. The second-order valence-corrected chi connectivity index (χ2v) is 25.3. The molecule has 2 atom stereocenters. The van der Waals surface area contributed by atoms with Crippen LogP contribution in [0.2, 0.25) is 0 Å². The lowest BCUT2D eigenvalue weighted by molar-refractivity contribution is -0.301. The molecule has 6 aliphatic rings. The van der Waals surface area contributed by atoms with Crippen LogP contribution in [0.5, 0.6) is 34.5 Å². The summed E-state index contributed by atoms with van der Waals surface area (Å²) in [6.07, 6.45) is 1.40. The maximum absolute atomic E-state index is 13.4. The van der Waals surface area contributed by atoms with Crippen molar-refractivity contribution >= 4 is 43.6 Å². The number of amidine groups is 4.